The average Bonchev–Trinajstić information content (AvgIpc) is 2.53. The van der Waals surface area contributed by atoms with Gasteiger partial charge in [0.2, 0.25) is 11.8 Å². The summed E-state index contributed by atoms with van der Waals surface area (Å²) in [5.41, 5.74) is 0. The number of nitrogens with zero attached hydrogens (tertiary/aromatic N) is 4. The summed E-state index contributed by atoms with van der Waals surface area (Å²) in [5, 5.41) is 8.18. The van der Waals surface area contributed by atoms with Crippen molar-refractivity contribution in [3.05, 3.63) is 24.8 Å². The molecule has 0 aromatic carbocycles. The quantitative estimate of drug-likeness (QED) is 0.751. The van der Waals surface area contributed by atoms with Crippen LogP contribution in [0.2, 0.25) is 0 Å². The molecule has 1 unspecified atom stereocenters. The predicted molar refractivity (Wildman–Crippen MR) is 86.0 cm³/mol. The largest absolute Gasteiger partial charge is 0.471 e. The van der Waals surface area contributed by atoms with Crippen molar-refractivity contribution in [2.75, 3.05) is 32.1 Å². The summed E-state index contributed by atoms with van der Waals surface area (Å²) in [6, 6.07) is 3.69. The molecule has 22 heavy (non-hydrogen) atoms. The van der Waals surface area contributed by atoms with E-state index in [0.29, 0.717) is 18.8 Å². The summed E-state index contributed by atoms with van der Waals surface area (Å²) in [4.78, 5) is 15.8. The van der Waals surface area contributed by atoms with Crippen molar-refractivity contribution in [2.45, 2.75) is 31.8 Å². The zero-order valence-corrected chi connectivity index (χ0v) is 13.4. The molecular formula is C16H24N4O2. The standard InChI is InChI=1S/C16H24N4O2/c1-4-5-8-16(21)20-11-6-7-13(12-20)22-15-10-9-14(17-18-15)19(2)3/h4,9-10,13H,1,5-8,11-12H2,2-3H3. The number of aromatic nitrogens is 2. The van der Waals surface area contributed by atoms with Gasteiger partial charge in [-0.3, -0.25) is 4.79 Å². The van der Waals surface area contributed by atoms with E-state index in [0.717, 1.165) is 31.6 Å². The van der Waals surface area contributed by atoms with Gasteiger partial charge in [-0.1, -0.05) is 6.08 Å². The molecule has 1 fully saturated rings. The Morgan fingerprint density at radius 2 is 2.32 bits per heavy atom. The molecule has 0 radical (unpaired) electrons. The molecule has 1 aromatic rings. The maximum Gasteiger partial charge on any atom is 0.233 e. The summed E-state index contributed by atoms with van der Waals surface area (Å²) in [5.74, 6) is 1.47. The lowest BCUT2D eigenvalue weighted by Crippen LogP contribution is -2.44. The molecule has 1 aromatic heterocycles. The number of piperidine rings is 1. The van der Waals surface area contributed by atoms with E-state index in [2.05, 4.69) is 16.8 Å². The molecule has 2 heterocycles. The van der Waals surface area contributed by atoms with Gasteiger partial charge in [0.1, 0.15) is 6.10 Å². The Morgan fingerprint density at radius 1 is 1.50 bits per heavy atom. The van der Waals surface area contributed by atoms with Crippen molar-refractivity contribution in [3.8, 4) is 5.88 Å². The van der Waals surface area contributed by atoms with E-state index in [1.807, 2.05) is 36.0 Å². The van der Waals surface area contributed by atoms with E-state index in [1.54, 1.807) is 6.08 Å². The zero-order valence-electron chi connectivity index (χ0n) is 13.4. The highest BCUT2D eigenvalue weighted by Gasteiger charge is 2.24. The topological polar surface area (TPSA) is 58.6 Å². The molecule has 0 bridgehead atoms. The highest BCUT2D eigenvalue weighted by molar-refractivity contribution is 5.76. The SMILES string of the molecule is C=CCCC(=O)N1CCCC(Oc2ccc(N(C)C)nn2)C1. The summed E-state index contributed by atoms with van der Waals surface area (Å²) in [6.07, 6.45) is 4.89. The molecule has 120 valence electrons. The minimum atomic E-state index is -0.0130. The van der Waals surface area contributed by atoms with Crippen LogP contribution in [0.25, 0.3) is 0 Å². The Hall–Kier alpha value is -2.11. The molecule has 6 heteroatoms. The van der Waals surface area contributed by atoms with Gasteiger partial charge in [0, 0.05) is 33.1 Å². The number of hydrogen-bond acceptors (Lipinski definition) is 5. The van der Waals surface area contributed by atoms with Gasteiger partial charge in [0.25, 0.3) is 0 Å². The van der Waals surface area contributed by atoms with Crippen LogP contribution in [-0.2, 0) is 4.79 Å². The maximum absolute atomic E-state index is 12.1. The van der Waals surface area contributed by atoms with Gasteiger partial charge in [0.15, 0.2) is 5.82 Å². The van der Waals surface area contributed by atoms with Crippen molar-refractivity contribution >= 4 is 11.7 Å². The van der Waals surface area contributed by atoms with Gasteiger partial charge in [-0.05, 0) is 25.3 Å². The molecular weight excluding hydrogens is 280 g/mol. The second kappa shape index (κ2) is 7.77. The number of carbonyl (C=O) groups is 1. The molecule has 0 spiro atoms. The smallest absolute Gasteiger partial charge is 0.233 e. The normalized spacial score (nSPS) is 17.9. The summed E-state index contributed by atoms with van der Waals surface area (Å²) in [7, 11) is 3.83. The van der Waals surface area contributed by atoms with E-state index in [9.17, 15) is 4.79 Å². The van der Waals surface area contributed by atoms with Gasteiger partial charge in [0.05, 0.1) is 6.54 Å². The van der Waals surface area contributed by atoms with Crippen LogP contribution >= 0.6 is 0 Å². The lowest BCUT2D eigenvalue weighted by molar-refractivity contribution is -0.133. The van der Waals surface area contributed by atoms with Crippen LogP contribution in [0.15, 0.2) is 24.8 Å². The molecule has 2 rings (SSSR count). The second-order valence-electron chi connectivity index (χ2n) is 5.67. The fraction of sp³-hybridized carbons (Fsp3) is 0.562. The van der Waals surface area contributed by atoms with E-state index in [1.165, 1.54) is 0 Å². The number of carbonyl (C=O) groups excluding carboxylic acids is 1. The van der Waals surface area contributed by atoms with Crippen molar-refractivity contribution in [1.29, 1.82) is 0 Å². The summed E-state index contributed by atoms with van der Waals surface area (Å²) < 4.78 is 5.87. The first kappa shape index (κ1) is 16.3. The first-order valence-corrected chi connectivity index (χ1v) is 7.66. The van der Waals surface area contributed by atoms with Crippen LogP contribution in [0.1, 0.15) is 25.7 Å². The maximum atomic E-state index is 12.1. The Balaban J connectivity index is 1.89. The van der Waals surface area contributed by atoms with Gasteiger partial charge < -0.3 is 14.5 Å². The van der Waals surface area contributed by atoms with Gasteiger partial charge in [-0.2, -0.15) is 0 Å². The van der Waals surface area contributed by atoms with Gasteiger partial charge in [-0.15, -0.1) is 16.8 Å². The van der Waals surface area contributed by atoms with Crippen molar-refractivity contribution in [1.82, 2.24) is 15.1 Å². The monoisotopic (exact) mass is 304 g/mol. The van der Waals surface area contributed by atoms with Crippen LogP contribution in [0.4, 0.5) is 5.82 Å². The number of rotatable bonds is 6. The minimum Gasteiger partial charge on any atom is -0.471 e. The molecule has 0 saturated carbocycles. The second-order valence-corrected chi connectivity index (χ2v) is 5.67. The number of amides is 1. The Labute approximate surface area is 131 Å². The predicted octanol–water partition coefficient (Wildman–Crippen LogP) is 1.88. The number of likely N-dealkylation sites (tertiary alicyclic amines) is 1. The van der Waals surface area contributed by atoms with Crippen LogP contribution in [-0.4, -0.2) is 54.3 Å². The fourth-order valence-electron chi connectivity index (χ4n) is 2.43. The molecule has 1 atom stereocenters. The highest BCUT2D eigenvalue weighted by Crippen LogP contribution is 2.18. The Bertz CT molecular complexity index is 501. The van der Waals surface area contributed by atoms with Crippen LogP contribution < -0.4 is 9.64 Å². The first-order chi connectivity index (χ1) is 10.6. The van der Waals surface area contributed by atoms with Crippen molar-refractivity contribution in [2.24, 2.45) is 0 Å². The van der Waals surface area contributed by atoms with E-state index < -0.39 is 0 Å². The first-order valence-electron chi connectivity index (χ1n) is 7.66. The Kier molecular flexibility index (Phi) is 5.75. The molecule has 1 aliphatic heterocycles. The molecule has 6 nitrogen and oxygen atoms in total. The summed E-state index contributed by atoms with van der Waals surface area (Å²) >= 11 is 0. The lowest BCUT2D eigenvalue weighted by Gasteiger charge is -2.32. The third kappa shape index (κ3) is 4.44. The zero-order chi connectivity index (χ0) is 15.9. The fourth-order valence-corrected chi connectivity index (χ4v) is 2.43. The number of allylic oxidation sites excluding steroid dienone is 1. The lowest BCUT2D eigenvalue weighted by atomic mass is 10.1. The van der Waals surface area contributed by atoms with E-state index in [4.69, 9.17) is 4.74 Å². The van der Waals surface area contributed by atoms with Crippen molar-refractivity contribution in [3.63, 3.8) is 0 Å². The highest BCUT2D eigenvalue weighted by atomic mass is 16.5. The van der Waals surface area contributed by atoms with E-state index in [-0.39, 0.29) is 12.0 Å². The van der Waals surface area contributed by atoms with E-state index >= 15 is 0 Å². The number of anilines is 1. The van der Waals surface area contributed by atoms with Gasteiger partial charge >= 0.3 is 0 Å². The van der Waals surface area contributed by atoms with Gasteiger partial charge in [-0.25, -0.2) is 0 Å². The third-order valence-electron chi connectivity index (χ3n) is 3.66. The number of ether oxygens (including phenoxy) is 1. The summed E-state index contributed by atoms with van der Waals surface area (Å²) in [6.45, 7) is 5.08. The van der Waals surface area contributed by atoms with Crippen molar-refractivity contribution < 1.29 is 9.53 Å². The minimum absolute atomic E-state index is 0.0130. The molecule has 0 aliphatic carbocycles. The van der Waals surface area contributed by atoms with Crippen LogP contribution in [0.5, 0.6) is 5.88 Å². The average molecular weight is 304 g/mol. The third-order valence-corrected chi connectivity index (χ3v) is 3.66. The molecule has 1 amide bonds. The number of hydrogen-bond donors (Lipinski definition) is 0. The molecule has 0 N–H and O–H groups in total. The molecule has 1 saturated heterocycles. The Morgan fingerprint density at radius 3 is 2.95 bits per heavy atom. The van der Waals surface area contributed by atoms with Crippen LogP contribution in [0, 0.1) is 0 Å². The molecule has 1 aliphatic rings. The van der Waals surface area contributed by atoms with Crippen LogP contribution in [0.3, 0.4) is 0 Å².